The largest absolute Gasteiger partial charge is 0.457 e. The van der Waals surface area contributed by atoms with Crippen LogP contribution in [0.5, 0.6) is 11.5 Å². The van der Waals surface area contributed by atoms with Crippen LogP contribution in [0.4, 0.5) is 0 Å². The summed E-state index contributed by atoms with van der Waals surface area (Å²) in [5.41, 5.74) is 11.4. The molecule has 8 rings (SSSR count). The van der Waals surface area contributed by atoms with Gasteiger partial charge in [0.2, 0.25) is 0 Å². The van der Waals surface area contributed by atoms with Crippen LogP contribution in [0.1, 0.15) is 41.2 Å². The van der Waals surface area contributed by atoms with Crippen molar-refractivity contribution in [2.45, 2.75) is 18.8 Å². The molecule has 3 aliphatic rings. The number of ether oxygens (including phenoxy) is 1. The number of hydrogen-bond acceptors (Lipinski definition) is 3. The molecule has 1 spiro atoms. The van der Waals surface area contributed by atoms with Crippen molar-refractivity contribution >= 4 is 11.4 Å². The van der Waals surface area contributed by atoms with Gasteiger partial charge in [-0.05, 0) is 93.3 Å². The molecule has 45 heavy (non-hydrogen) atoms. The lowest BCUT2D eigenvalue weighted by molar-refractivity contribution is 0.436. The minimum atomic E-state index is -0.513. The Morgan fingerprint density at radius 2 is 1.31 bits per heavy atom. The lowest BCUT2D eigenvalue weighted by Gasteiger charge is -2.39. The second-order valence-electron chi connectivity index (χ2n) is 12.1. The van der Waals surface area contributed by atoms with E-state index in [4.69, 9.17) is 15.6 Å². The summed E-state index contributed by atoms with van der Waals surface area (Å²) in [6.45, 7) is 2.16. The van der Waals surface area contributed by atoms with Crippen molar-refractivity contribution in [1.29, 1.82) is 10.8 Å². The zero-order valence-corrected chi connectivity index (χ0v) is 25.0. The average molecular weight is 581 g/mol. The predicted octanol–water partition coefficient (Wildman–Crippen LogP) is 10.3. The fourth-order valence-corrected chi connectivity index (χ4v) is 7.28. The first-order valence-electron chi connectivity index (χ1n) is 15.5. The first-order chi connectivity index (χ1) is 22.0. The highest BCUT2D eigenvalue weighted by Crippen LogP contribution is 2.62. The van der Waals surface area contributed by atoms with Crippen molar-refractivity contribution < 1.29 is 4.74 Å². The third-order valence-corrected chi connectivity index (χ3v) is 9.35. The molecule has 0 amide bonds. The van der Waals surface area contributed by atoms with E-state index in [1.165, 1.54) is 22.3 Å². The maximum absolute atomic E-state index is 8.82. The molecular weight excluding hydrogens is 548 g/mol. The van der Waals surface area contributed by atoms with Crippen LogP contribution in [0.15, 0.2) is 151 Å². The van der Waals surface area contributed by atoms with Crippen molar-refractivity contribution in [3.63, 3.8) is 0 Å². The fraction of sp³-hybridized carbons (Fsp3) is 0.0952. The smallest absolute Gasteiger partial charge is 0.132 e. The highest BCUT2D eigenvalue weighted by Gasteiger charge is 2.50. The van der Waals surface area contributed by atoms with Crippen molar-refractivity contribution in [3.05, 3.63) is 179 Å². The van der Waals surface area contributed by atoms with E-state index in [1.54, 1.807) is 12.2 Å². The van der Waals surface area contributed by atoms with Crippen molar-refractivity contribution in [1.82, 2.24) is 0 Å². The van der Waals surface area contributed by atoms with Crippen LogP contribution in [0.3, 0.4) is 0 Å². The molecule has 5 aromatic carbocycles. The topological polar surface area (TPSA) is 56.9 Å². The molecule has 1 unspecified atom stereocenters. The minimum absolute atomic E-state index is 0.375. The van der Waals surface area contributed by atoms with Crippen LogP contribution in [0.25, 0.3) is 22.3 Å². The summed E-state index contributed by atoms with van der Waals surface area (Å²) in [5.74, 6) is 2.16. The van der Waals surface area contributed by atoms with Gasteiger partial charge in [0.15, 0.2) is 0 Å². The molecule has 2 aliphatic carbocycles. The molecule has 2 N–H and O–H groups in total. The third kappa shape index (κ3) is 4.27. The summed E-state index contributed by atoms with van der Waals surface area (Å²) in [4.78, 5) is 0. The molecular formula is C42H32N2O. The number of rotatable bonds is 5. The van der Waals surface area contributed by atoms with E-state index < -0.39 is 5.41 Å². The molecule has 216 valence electrons. The number of para-hydroxylation sites is 1. The van der Waals surface area contributed by atoms with E-state index in [1.807, 2.05) is 24.3 Å². The van der Waals surface area contributed by atoms with Crippen LogP contribution in [-0.4, -0.2) is 11.4 Å². The molecule has 5 aromatic rings. The zero-order chi connectivity index (χ0) is 30.5. The molecule has 0 saturated carbocycles. The Morgan fingerprint density at radius 1 is 0.667 bits per heavy atom. The molecule has 3 heteroatoms. The Bertz CT molecular complexity index is 2080. The van der Waals surface area contributed by atoms with Gasteiger partial charge in [-0.15, -0.1) is 0 Å². The predicted molar refractivity (Wildman–Crippen MR) is 184 cm³/mol. The first kappa shape index (κ1) is 27.0. The Labute approximate surface area is 263 Å². The molecule has 1 heterocycles. The second kappa shape index (κ2) is 10.6. The van der Waals surface area contributed by atoms with E-state index in [0.717, 1.165) is 51.3 Å². The number of allylic oxidation sites excluding steroid dienone is 6. The number of fused-ring (bicyclic) bond motifs is 9. The molecule has 1 atom stereocenters. The van der Waals surface area contributed by atoms with Gasteiger partial charge in [0.05, 0.1) is 16.8 Å². The van der Waals surface area contributed by atoms with E-state index in [0.29, 0.717) is 17.3 Å². The van der Waals surface area contributed by atoms with Crippen LogP contribution in [0.2, 0.25) is 0 Å². The summed E-state index contributed by atoms with van der Waals surface area (Å²) < 4.78 is 6.59. The normalized spacial score (nSPS) is 16.7. The molecule has 0 bridgehead atoms. The Hall–Kier alpha value is -5.54. The first-order valence-corrected chi connectivity index (χ1v) is 15.5. The van der Waals surface area contributed by atoms with Crippen LogP contribution in [-0.2, 0) is 5.41 Å². The SMILES string of the molecule is CC1C=C(C(=N)/C=C\C(=N)c2cccc(-c3ccc4c(c3)C3(c5ccccc5O4)c4ccccc4-c4ccccc43)c2)C=CC1. The van der Waals surface area contributed by atoms with E-state index in [2.05, 4.69) is 116 Å². The van der Waals surface area contributed by atoms with E-state index in [-0.39, 0.29) is 0 Å². The van der Waals surface area contributed by atoms with Crippen LogP contribution >= 0.6 is 0 Å². The highest BCUT2D eigenvalue weighted by atomic mass is 16.5. The standard InChI is InChI=1S/C42H32N2O/c1-27-10-8-12-30(24-27)38(43)21-22-39(44)31-13-9-11-28(25-31)29-20-23-41-37(26-29)42(36-18-6-7-19-40(36)45-41)34-16-4-2-14-32(34)33-15-3-5-17-35(33)42/h2-9,11-27,43-44H,10H2,1H3/b22-21-,43-38?,44-39?. The second-order valence-corrected chi connectivity index (χ2v) is 12.1. The van der Waals surface area contributed by atoms with Gasteiger partial charge >= 0.3 is 0 Å². The number of nitrogens with one attached hydrogen (secondary N) is 2. The molecule has 0 aromatic heterocycles. The van der Waals surface area contributed by atoms with E-state index in [9.17, 15) is 0 Å². The molecule has 0 saturated heterocycles. The molecule has 0 fully saturated rings. The van der Waals surface area contributed by atoms with Gasteiger partial charge < -0.3 is 15.6 Å². The molecule has 1 aliphatic heterocycles. The number of hydrogen-bond donors (Lipinski definition) is 2. The maximum atomic E-state index is 8.82. The summed E-state index contributed by atoms with van der Waals surface area (Å²) >= 11 is 0. The Balaban J connectivity index is 1.22. The van der Waals surface area contributed by atoms with Crippen molar-refractivity contribution in [2.75, 3.05) is 0 Å². The quantitative estimate of drug-likeness (QED) is 0.196. The summed E-state index contributed by atoms with van der Waals surface area (Å²) in [6, 6.07) is 40.6. The van der Waals surface area contributed by atoms with E-state index >= 15 is 0 Å². The highest BCUT2D eigenvalue weighted by molar-refractivity contribution is 6.14. The van der Waals surface area contributed by atoms with Gasteiger partial charge in [0.25, 0.3) is 0 Å². The summed E-state index contributed by atoms with van der Waals surface area (Å²) in [7, 11) is 0. The molecule has 0 radical (unpaired) electrons. The third-order valence-electron chi connectivity index (χ3n) is 9.35. The number of benzene rings is 5. The Morgan fingerprint density at radius 3 is 2.07 bits per heavy atom. The maximum Gasteiger partial charge on any atom is 0.132 e. The van der Waals surface area contributed by atoms with Gasteiger partial charge in [-0.25, -0.2) is 0 Å². The van der Waals surface area contributed by atoms with Gasteiger partial charge in [0, 0.05) is 11.1 Å². The van der Waals surface area contributed by atoms with Gasteiger partial charge in [-0.3, -0.25) is 0 Å². The lowest BCUT2D eigenvalue weighted by Crippen LogP contribution is -2.32. The molecule has 3 nitrogen and oxygen atoms in total. The van der Waals surface area contributed by atoms with Crippen LogP contribution in [0, 0.1) is 16.7 Å². The monoisotopic (exact) mass is 580 g/mol. The van der Waals surface area contributed by atoms with Gasteiger partial charge in [-0.2, -0.15) is 0 Å². The van der Waals surface area contributed by atoms with Crippen molar-refractivity contribution in [3.8, 4) is 33.8 Å². The van der Waals surface area contributed by atoms with Gasteiger partial charge in [0.1, 0.15) is 11.5 Å². The lowest BCUT2D eigenvalue weighted by atomic mass is 9.66. The fourth-order valence-electron chi connectivity index (χ4n) is 7.28. The van der Waals surface area contributed by atoms with Crippen LogP contribution < -0.4 is 4.74 Å². The summed E-state index contributed by atoms with van der Waals surface area (Å²) in [5, 5.41) is 17.3. The average Bonchev–Trinajstić information content (AvgIpc) is 3.38. The van der Waals surface area contributed by atoms with Gasteiger partial charge in [-0.1, -0.05) is 116 Å². The summed E-state index contributed by atoms with van der Waals surface area (Å²) in [6.07, 6.45) is 10.7. The Kier molecular flexibility index (Phi) is 6.35. The minimum Gasteiger partial charge on any atom is -0.457 e. The van der Waals surface area contributed by atoms with Crippen molar-refractivity contribution in [2.24, 2.45) is 5.92 Å². The zero-order valence-electron chi connectivity index (χ0n) is 25.0.